The molecule has 1 unspecified atom stereocenters. The van der Waals surface area contributed by atoms with Crippen LogP contribution in [0.15, 0.2) is 48.7 Å². The molecule has 3 aliphatic heterocycles. The number of hydrogen-bond donors (Lipinski definition) is 0. The summed E-state index contributed by atoms with van der Waals surface area (Å²) in [5.74, 6) is -0.336. The van der Waals surface area contributed by atoms with E-state index in [1.807, 2.05) is 28.0 Å². The van der Waals surface area contributed by atoms with Gasteiger partial charge in [-0.25, -0.2) is 9.07 Å². The zero-order valence-electron chi connectivity index (χ0n) is 17.5. The van der Waals surface area contributed by atoms with Gasteiger partial charge in [-0.15, -0.1) is 0 Å². The van der Waals surface area contributed by atoms with Crippen molar-refractivity contribution in [1.29, 1.82) is 0 Å². The van der Waals surface area contributed by atoms with E-state index in [1.165, 1.54) is 6.07 Å². The Kier molecular flexibility index (Phi) is 4.50. The summed E-state index contributed by atoms with van der Waals surface area (Å²) < 4.78 is 21.3. The smallest absolute Gasteiger partial charge is 0.232 e. The second-order valence-corrected chi connectivity index (χ2v) is 8.84. The normalized spacial score (nSPS) is 25.2. The molecule has 3 aromatic rings. The number of carbonyl (C=O) groups is 2. The second-order valence-electron chi connectivity index (χ2n) is 8.84. The number of fused-ring (bicyclic) bond motifs is 2. The van der Waals surface area contributed by atoms with Crippen molar-refractivity contribution >= 4 is 28.4 Å². The molecule has 0 saturated carbocycles. The third-order valence-corrected chi connectivity index (χ3v) is 6.99. The number of para-hydroxylation sites is 1. The van der Waals surface area contributed by atoms with Gasteiger partial charge in [-0.3, -0.25) is 9.59 Å². The Bertz CT molecular complexity index is 1220. The van der Waals surface area contributed by atoms with Crippen LogP contribution in [0.4, 0.5) is 10.1 Å². The standard InChI is InChI=1S/C24H23FN4O3/c25-19-4-1-2-5-22(19)29-21-7-3-6-20(17(21)10-26-29)28-12-16-11-27(13-18(16)24(28)31)23(30)15-8-9-32-14-15/h1-7,10,15-16,18H,8-9,11-14H2/t15?,16-,18-/m1/s1. The first-order valence-corrected chi connectivity index (χ1v) is 11.0. The summed E-state index contributed by atoms with van der Waals surface area (Å²) in [6, 6.07) is 12.2. The summed E-state index contributed by atoms with van der Waals surface area (Å²) in [6.07, 6.45) is 2.45. The van der Waals surface area contributed by atoms with Crippen LogP contribution in [-0.2, 0) is 14.3 Å². The highest BCUT2D eigenvalue weighted by atomic mass is 19.1. The lowest BCUT2D eigenvalue weighted by atomic mass is 10.0. The molecule has 2 amide bonds. The van der Waals surface area contributed by atoms with Gasteiger partial charge in [0.05, 0.1) is 35.8 Å². The van der Waals surface area contributed by atoms with Crippen molar-refractivity contribution in [1.82, 2.24) is 14.7 Å². The van der Waals surface area contributed by atoms with E-state index >= 15 is 0 Å². The van der Waals surface area contributed by atoms with E-state index in [0.717, 1.165) is 23.0 Å². The van der Waals surface area contributed by atoms with Gasteiger partial charge in [0.1, 0.15) is 11.5 Å². The van der Waals surface area contributed by atoms with Gasteiger partial charge in [-0.05, 0) is 30.7 Å². The maximum absolute atomic E-state index is 14.3. The third kappa shape index (κ3) is 2.93. The highest BCUT2D eigenvalue weighted by Crippen LogP contribution is 2.39. The van der Waals surface area contributed by atoms with Gasteiger partial charge in [0.15, 0.2) is 0 Å². The quantitative estimate of drug-likeness (QED) is 0.636. The fraction of sp³-hybridized carbons (Fsp3) is 0.375. The molecule has 4 heterocycles. The van der Waals surface area contributed by atoms with Crippen LogP contribution in [0.3, 0.4) is 0 Å². The van der Waals surface area contributed by atoms with Gasteiger partial charge in [-0.2, -0.15) is 5.10 Å². The largest absolute Gasteiger partial charge is 0.381 e. The molecule has 0 bridgehead atoms. The van der Waals surface area contributed by atoms with Gasteiger partial charge in [0.2, 0.25) is 11.8 Å². The Morgan fingerprint density at radius 2 is 1.91 bits per heavy atom. The van der Waals surface area contributed by atoms with Crippen molar-refractivity contribution in [2.45, 2.75) is 6.42 Å². The zero-order chi connectivity index (χ0) is 21.8. The molecule has 6 rings (SSSR count). The van der Waals surface area contributed by atoms with Crippen LogP contribution in [0, 0.1) is 23.6 Å². The molecule has 2 aromatic carbocycles. The molecule has 164 valence electrons. The number of rotatable bonds is 3. The topological polar surface area (TPSA) is 67.7 Å². The van der Waals surface area contributed by atoms with Crippen LogP contribution >= 0.6 is 0 Å². The van der Waals surface area contributed by atoms with E-state index in [4.69, 9.17) is 4.74 Å². The summed E-state index contributed by atoms with van der Waals surface area (Å²) >= 11 is 0. The second kappa shape index (κ2) is 7.41. The lowest BCUT2D eigenvalue weighted by Gasteiger charge is -2.24. The molecule has 0 N–H and O–H groups in total. The Balaban J connectivity index is 1.27. The molecule has 3 fully saturated rings. The molecule has 3 saturated heterocycles. The van der Waals surface area contributed by atoms with Crippen molar-refractivity contribution < 1.29 is 18.7 Å². The van der Waals surface area contributed by atoms with Gasteiger partial charge in [-0.1, -0.05) is 18.2 Å². The number of benzene rings is 2. The number of halogens is 1. The summed E-state index contributed by atoms with van der Waals surface area (Å²) in [7, 11) is 0. The van der Waals surface area contributed by atoms with Gasteiger partial charge >= 0.3 is 0 Å². The molecule has 3 aliphatic rings. The summed E-state index contributed by atoms with van der Waals surface area (Å²) in [4.78, 5) is 29.7. The van der Waals surface area contributed by atoms with E-state index < -0.39 is 0 Å². The van der Waals surface area contributed by atoms with Crippen LogP contribution in [0.2, 0.25) is 0 Å². The molecule has 8 heteroatoms. The molecule has 0 radical (unpaired) electrons. The summed E-state index contributed by atoms with van der Waals surface area (Å²) in [5.41, 5.74) is 1.90. The van der Waals surface area contributed by atoms with Gasteiger partial charge < -0.3 is 14.5 Å². The van der Waals surface area contributed by atoms with Gasteiger partial charge in [0.25, 0.3) is 0 Å². The number of anilines is 1. The molecule has 3 atom stereocenters. The van der Waals surface area contributed by atoms with Crippen LogP contribution in [0.1, 0.15) is 6.42 Å². The van der Waals surface area contributed by atoms with Crippen molar-refractivity contribution in [3.63, 3.8) is 0 Å². The van der Waals surface area contributed by atoms with Crippen LogP contribution in [-0.4, -0.2) is 59.3 Å². The predicted octanol–water partition coefficient (Wildman–Crippen LogP) is 2.62. The summed E-state index contributed by atoms with van der Waals surface area (Å²) in [6.45, 7) is 2.76. The monoisotopic (exact) mass is 434 g/mol. The molecule has 1 aromatic heterocycles. The van der Waals surface area contributed by atoms with E-state index in [9.17, 15) is 14.0 Å². The number of hydrogen-bond acceptors (Lipinski definition) is 4. The zero-order valence-corrected chi connectivity index (χ0v) is 17.5. The predicted molar refractivity (Wildman–Crippen MR) is 116 cm³/mol. The maximum Gasteiger partial charge on any atom is 0.232 e. The Morgan fingerprint density at radius 3 is 2.69 bits per heavy atom. The molecule has 0 aliphatic carbocycles. The first kappa shape index (κ1) is 19.4. The van der Waals surface area contributed by atoms with Crippen LogP contribution < -0.4 is 4.90 Å². The summed E-state index contributed by atoms with van der Waals surface area (Å²) in [5, 5.41) is 5.21. The van der Waals surface area contributed by atoms with Crippen molar-refractivity contribution in [3.8, 4) is 5.69 Å². The first-order valence-electron chi connectivity index (χ1n) is 11.0. The van der Waals surface area contributed by atoms with E-state index in [-0.39, 0.29) is 35.4 Å². The van der Waals surface area contributed by atoms with Gasteiger partial charge in [0, 0.05) is 37.5 Å². The SMILES string of the molecule is O=C(C1CCOC1)N1C[C@@H]2CN(c3cccc4c3cnn4-c3ccccc3F)C(=O)[C@@H]2C1. The van der Waals surface area contributed by atoms with Crippen molar-refractivity contribution in [3.05, 3.63) is 54.5 Å². The maximum atomic E-state index is 14.3. The molecular formula is C24H23FN4O3. The first-order chi connectivity index (χ1) is 15.6. The van der Waals surface area contributed by atoms with E-state index in [2.05, 4.69) is 5.10 Å². The Hall–Kier alpha value is -3.26. The molecule has 7 nitrogen and oxygen atoms in total. The van der Waals surface area contributed by atoms with Crippen LogP contribution in [0.25, 0.3) is 16.6 Å². The number of ether oxygens (including phenoxy) is 1. The third-order valence-electron chi connectivity index (χ3n) is 6.99. The average molecular weight is 434 g/mol. The average Bonchev–Trinajstić information content (AvgIpc) is 3.59. The lowest BCUT2D eigenvalue weighted by Crippen LogP contribution is -2.38. The molecule has 32 heavy (non-hydrogen) atoms. The number of amides is 2. The lowest BCUT2D eigenvalue weighted by molar-refractivity contribution is -0.134. The minimum Gasteiger partial charge on any atom is -0.381 e. The minimum atomic E-state index is -0.355. The van der Waals surface area contributed by atoms with Crippen LogP contribution in [0.5, 0.6) is 0 Å². The molecule has 0 spiro atoms. The van der Waals surface area contributed by atoms with E-state index in [1.54, 1.807) is 29.1 Å². The Morgan fingerprint density at radius 1 is 1.06 bits per heavy atom. The fourth-order valence-corrected chi connectivity index (χ4v) is 5.33. The highest BCUT2D eigenvalue weighted by Gasteiger charge is 2.49. The van der Waals surface area contributed by atoms with Crippen molar-refractivity contribution in [2.75, 3.05) is 37.7 Å². The number of nitrogens with zero attached hydrogens (tertiary/aromatic N) is 4. The Labute approximate surface area is 184 Å². The van der Waals surface area contributed by atoms with E-state index in [0.29, 0.717) is 38.5 Å². The molecular weight excluding hydrogens is 411 g/mol. The van der Waals surface area contributed by atoms with Crippen molar-refractivity contribution in [2.24, 2.45) is 17.8 Å². The number of carbonyl (C=O) groups excluding carboxylic acids is 2. The fourth-order valence-electron chi connectivity index (χ4n) is 5.33. The highest BCUT2D eigenvalue weighted by molar-refractivity contribution is 6.05. The number of likely N-dealkylation sites (tertiary alicyclic amines) is 1. The minimum absolute atomic E-state index is 0.0408. The number of aromatic nitrogens is 2.